The summed E-state index contributed by atoms with van der Waals surface area (Å²) in [5.74, 6) is -0.997. The Morgan fingerprint density at radius 2 is 1.66 bits per heavy atom. The van der Waals surface area contributed by atoms with E-state index in [1.807, 2.05) is 0 Å². The number of benzene rings is 2. The van der Waals surface area contributed by atoms with Crippen LogP contribution in [0.25, 0.3) is 0 Å². The van der Waals surface area contributed by atoms with E-state index in [4.69, 9.17) is 34.8 Å². The molecule has 0 unspecified atom stereocenters. The summed E-state index contributed by atoms with van der Waals surface area (Å²) >= 11 is 18.6. The van der Waals surface area contributed by atoms with Gasteiger partial charge in [0.15, 0.2) is 0 Å². The minimum atomic E-state index is -3.83. The van der Waals surface area contributed by atoms with Gasteiger partial charge in [0, 0.05) is 33.7 Å². The van der Waals surface area contributed by atoms with E-state index in [0.717, 1.165) is 10.6 Å². The van der Waals surface area contributed by atoms with E-state index in [2.05, 4.69) is 5.32 Å². The molecule has 174 valence electrons. The van der Waals surface area contributed by atoms with Crippen LogP contribution in [0.4, 0.5) is 5.69 Å². The highest BCUT2D eigenvalue weighted by Crippen LogP contribution is 2.27. The maximum absolute atomic E-state index is 13.4. The topological polar surface area (TPSA) is 86.8 Å². The number of halogens is 3. The number of carbonyl (C=O) groups excluding carboxylic acids is 2. The standard InChI is InChI=1S/C21H24Cl3N3O4S/c1-4-25-21(29)14(2)26(12-17-18(23)9-6-10-19(17)24)20(28)13-27(32(3,30)31)16-8-5-7-15(22)11-16/h5-11,14H,4,12-13H2,1-3H3,(H,25,29)/t14-/m1/s1. The highest BCUT2D eigenvalue weighted by molar-refractivity contribution is 7.92. The van der Waals surface area contributed by atoms with Gasteiger partial charge in [-0.3, -0.25) is 13.9 Å². The fourth-order valence-corrected chi connectivity index (χ4v) is 4.55. The quantitative estimate of drug-likeness (QED) is 0.542. The van der Waals surface area contributed by atoms with Crippen LogP contribution in [0, 0.1) is 0 Å². The largest absolute Gasteiger partial charge is 0.355 e. The molecule has 2 aromatic carbocycles. The summed E-state index contributed by atoms with van der Waals surface area (Å²) in [5, 5.41) is 3.64. The summed E-state index contributed by atoms with van der Waals surface area (Å²) in [6, 6.07) is 10.2. The van der Waals surface area contributed by atoms with Gasteiger partial charge in [-0.1, -0.05) is 46.9 Å². The first-order chi connectivity index (χ1) is 15.0. The molecule has 0 aliphatic heterocycles. The Balaban J connectivity index is 2.44. The van der Waals surface area contributed by atoms with Crippen molar-refractivity contribution >= 4 is 62.3 Å². The molecule has 7 nitrogen and oxygen atoms in total. The van der Waals surface area contributed by atoms with Gasteiger partial charge in [0.2, 0.25) is 21.8 Å². The monoisotopic (exact) mass is 519 g/mol. The lowest BCUT2D eigenvalue weighted by molar-refractivity contribution is -0.139. The van der Waals surface area contributed by atoms with Gasteiger partial charge in [0.1, 0.15) is 12.6 Å². The van der Waals surface area contributed by atoms with Crippen molar-refractivity contribution in [2.45, 2.75) is 26.4 Å². The van der Waals surface area contributed by atoms with Gasteiger partial charge in [0.05, 0.1) is 11.9 Å². The van der Waals surface area contributed by atoms with Crippen LogP contribution in [0.1, 0.15) is 19.4 Å². The molecule has 0 saturated heterocycles. The van der Waals surface area contributed by atoms with E-state index in [-0.39, 0.29) is 12.2 Å². The first-order valence-corrected chi connectivity index (χ1v) is 12.7. The molecule has 0 bridgehead atoms. The van der Waals surface area contributed by atoms with Crippen molar-refractivity contribution in [3.8, 4) is 0 Å². The molecule has 0 aliphatic rings. The van der Waals surface area contributed by atoms with E-state index >= 15 is 0 Å². The molecule has 1 atom stereocenters. The van der Waals surface area contributed by atoms with E-state index in [9.17, 15) is 18.0 Å². The molecule has 2 amide bonds. The molecule has 0 fully saturated rings. The van der Waals surface area contributed by atoms with Crippen LogP contribution in [-0.2, 0) is 26.2 Å². The maximum Gasteiger partial charge on any atom is 0.244 e. The molecule has 0 saturated carbocycles. The second-order valence-corrected chi connectivity index (χ2v) is 10.2. The Morgan fingerprint density at radius 3 is 2.19 bits per heavy atom. The predicted octanol–water partition coefficient (Wildman–Crippen LogP) is 3.97. The lowest BCUT2D eigenvalue weighted by Gasteiger charge is -2.31. The third-order valence-electron chi connectivity index (χ3n) is 4.68. The Morgan fingerprint density at radius 1 is 1.06 bits per heavy atom. The van der Waals surface area contributed by atoms with Gasteiger partial charge in [-0.05, 0) is 44.2 Å². The summed E-state index contributed by atoms with van der Waals surface area (Å²) < 4.78 is 25.9. The number of anilines is 1. The molecule has 2 rings (SSSR count). The highest BCUT2D eigenvalue weighted by atomic mass is 35.5. The summed E-state index contributed by atoms with van der Waals surface area (Å²) in [4.78, 5) is 27.1. The van der Waals surface area contributed by atoms with E-state index in [1.165, 1.54) is 17.0 Å². The molecule has 1 N–H and O–H groups in total. The number of nitrogens with zero attached hydrogens (tertiary/aromatic N) is 2. The van der Waals surface area contributed by atoms with Crippen LogP contribution in [0.2, 0.25) is 15.1 Å². The van der Waals surface area contributed by atoms with Crippen molar-refractivity contribution in [1.82, 2.24) is 10.2 Å². The molecule has 11 heteroatoms. The number of hydrogen-bond acceptors (Lipinski definition) is 4. The second kappa shape index (κ2) is 11.2. The number of carbonyl (C=O) groups is 2. The number of hydrogen-bond donors (Lipinski definition) is 1. The maximum atomic E-state index is 13.4. The van der Waals surface area contributed by atoms with E-state index in [0.29, 0.717) is 27.2 Å². The molecule has 0 heterocycles. The van der Waals surface area contributed by atoms with Gasteiger partial charge in [0.25, 0.3) is 0 Å². The first-order valence-electron chi connectivity index (χ1n) is 9.69. The van der Waals surface area contributed by atoms with E-state index in [1.54, 1.807) is 44.2 Å². The predicted molar refractivity (Wildman–Crippen MR) is 129 cm³/mol. The van der Waals surface area contributed by atoms with Gasteiger partial charge in [-0.15, -0.1) is 0 Å². The van der Waals surface area contributed by atoms with Crippen LogP contribution < -0.4 is 9.62 Å². The van der Waals surface area contributed by atoms with Crippen molar-refractivity contribution in [2.75, 3.05) is 23.7 Å². The molecule has 0 radical (unpaired) electrons. The molecule has 0 aliphatic carbocycles. The van der Waals surface area contributed by atoms with Crippen molar-refractivity contribution < 1.29 is 18.0 Å². The molecular formula is C21H24Cl3N3O4S. The first kappa shape index (κ1) is 26.3. The van der Waals surface area contributed by atoms with Crippen LogP contribution in [-0.4, -0.2) is 50.5 Å². The van der Waals surface area contributed by atoms with Crippen LogP contribution in [0.3, 0.4) is 0 Å². The van der Waals surface area contributed by atoms with Crippen LogP contribution >= 0.6 is 34.8 Å². The van der Waals surface area contributed by atoms with Crippen molar-refractivity contribution in [1.29, 1.82) is 0 Å². The van der Waals surface area contributed by atoms with E-state index < -0.39 is 34.4 Å². The Kier molecular flexibility index (Phi) is 9.21. The average Bonchev–Trinajstić information content (AvgIpc) is 2.70. The number of likely N-dealkylation sites (N-methyl/N-ethyl adjacent to an activating group) is 1. The zero-order chi connectivity index (χ0) is 24.1. The SMILES string of the molecule is CCNC(=O)[C@@H](C)N(Cc1c(Cl)cccc1Cl)C(=O)CN(c1cccc(Cl)c1)S(C)(=O)=O. The minimum absolute atomic E-state index is 0.0806. The Labute approximate surface area is 203 Å². The van der Waals surface area contributed by atoms with Gasteiger partial charge in [-0.2, -0.15) is 0 Å². The summed E-state index contributed by atoms with van der Waals surface area (Å²) in [7, 11) is -3.83. The lowest BCUT2D eigenvalue weighted by atomic mass is 10.1. The molecule has 0 spiro atoms. The molecule has 32 heavy (non-hydrogen) atoms. The average molecular weight is 521 g/mol. The lowest BCUT2D eigenvalue weighted by Crippen LogP contribution is -2.51. The molecular weight excluding hydrogens is 497 g/mol. The third-order valence-corrected chi connectivity index (χ3v) is 6.77. The Bertz CT molecular complexity index is 1080. The number of rotatable bonds is 9. The summed E-state index contributed by atoms with van der Waals surface area (Å²) in [6.07, 6.45) is 0.990. The highest BCUT2D eigenvalue weighted by Gasteiger charge is 2.30. The third kappa shape index (κ3) is 6.75. The van der Waals surface area contributed by atoms with Gasteiger partial charge in [-0.25, -0.2) is 8.42 Å². The zero-order valence-electron chi connectivity index (χ0n) is 17.8. The molecule has 2 aromatic rings. The summed E-state index contributed by atoms with van der Waals surface area (Å²) in [5.41, 5.74) is 0.684. The van der Waals surface area contributed by atoms with Crippen LogP contribution in [0.5, 0.6) is 0 Å². The summed E-state index contributed by atoms with van der Waals surface area (Å²) in [6.45, 7) is 3.06. The number of amides is 2. The van der Waals surface area contributed by atoms with Crippen molar-refractivity contribution in [3.05, 3.63) is 63.1 Å². The van der Waals surface area contributed by atoms with Crippen molar-refractivity contribution in [3.63, 3.8) is 0 Å². The van der Waals surface area contributed by atoms with Gasteiger partial charge >= 0.3 is 0 Å². The zero-order valence-corrected chi connectivity index (χ0v) is 20.9. The number of sulfonamides is 1. The smallest absolute Gasteiger partial charge is 0.244 e. The van der Waals surface area contributed by atoms with Crippen molar-refractivity contribution in [2.24, 2.45) is 0 Å². The number of nitrogens with one attached hydrogen (secondary N) is 1. The van der Waals surface area contributed by atoms with Crippen LogP contribution in [0.15, 0.2) is 42.5 Å². The minimum Gasteiger partial charge on any atom is -0.355 e. The second-order valence-electron chi connectivity index (χ2n) is 7.04. The fraction of sp³-hybridized carbons (Fsp3) is 0.333. The normalized spacial score (nSPS) is 12.2. The Hall–Kier alpha value is -2.00. The molecule has 0 aromatic heterocycles. The fourth-order valence-electron chi connectivity index (χ4n) is 3.00. The van der Waals surface area contributed by atoms with Gasteiger partial charge < -0.3 is 10.2 Å².